The number of hydrogen-bond donors (Lipinski definition) is 1. The molecular weight excluding hydrogens is 374 g/mol. The van der Waals surface area contributed by atoms with Crippen LogP contribution in [0.5, 0.6) is 11.5 Å². The molecule has 1 amide bonds. The number of hydrogen-bond acceptors (Lipinski definition) is 6. The number of carbonyl (C=O) groups is 2. The Bertz CT molecular complexity index is 872. The maximum Gasteiger partial charge on any atom is 0.305 e. The second-order valence-corrected chi connectivity index (χ2v) is 6.50. The lowest BCUT2D eigenvalue weighted by Gasteiger charge is -2.30. The van der Waals surface area contributed by atoms with Crippen LogP contribution in [0.1, 0.15) is 30.8 Å². The second-order valence-electron chi connectivity index (χ2n) is 6.09. The van der Waals surface area contributed by atoms with Gasteiger partial charge >= 0.3 is 5.97 Å². The third kappa shape index (κ3) is 4.28. The number of benzene rings is 1. The van der Waals surface area contributed by atoms with E-state index in [0.717, 1.165) is 5.69 Å². The summed E-state index contributed by atoms with van der Waals surface area (Å²) >= 11 is 6.32. The lowest BCUT2D eigenvalue weighted by Crippen LogP contribution is -2.40. The number of carboxylic acid groups (broad SMARTS) is 1. The Labute approximate surface area is 160 Å². The molecule has 9 heteroatoms. The summed E-state index contributed by atoms with van der Waals surface area (Å²) in [5.74, 6) is -0.536. The Morgan fingerprint density at radius 1 is 1.41 bits per heavy atom. The fraction of sp³-hybridized carbons (Fsp3) is 0.333. The third-order valence-electron chi connectivity index (χ3n) is 4.04. The zero-order chi connectivity index (χ0) is 19.6. The van der Waals surface area contributed by atoms with Crippen LogP contribution in [0.15, 0.2) is 24.3 Å². The van der Waals surface area contributed by atoms with Crippen LogP contribution in [0.3, 0.4) is 0 Å². The van der Waals surface area contributed by atoms with Crippen molar-refractivity contribution in [3.05, 3.63) is 40.7 Å². The molecule has 8 nitrogen and oxygen atoms in total. The molecule has 1 atom stereocenters. The van der Waals surface area contributed by atoms with Gasteiger partial charge in [-0.05, 0) is 32.0 Å². The average molecular weight is 392 g/mol. The van der Waals surface area contributed by atoms with E-state index in [-0.39, 0.29) is 30.5 Å². The molecule has 1 aromatic carbocycles. The van der Waals surface area contributed by atoms with Crippen molar-refractivity contribution in [1.29, 1.82) is 0 Å². The number of nitrogens with zero attached hydrogens (tertiary/aromatic N) is 3. The van der Waals surface area contributed by atoms with E-state index >= 15 is 0 Å². The van der Waals surface area contributed by atoms with E-state index in [0.29, 0.717) is 22.9 Å². The van der Waals surface area contributed by atoms with Gasteiger partial charge in [-0.2, -0.15) is 10.2 Å². The van der Waals surface area contributed by atoms with Crippen LogP contribution in [0.2, 0.25) is 5.02 Å². The monoisotopic (exact) mass is 391 g/mol. The molecule has 0 saturated carbocycles. The molecule has 1 aliphatic rings. The van der Waals surface area contributed by atoms with Gasteiger partial charge in [-0.25, -0.2) is 0 Å². The largest absolute Gasteiger partial charge is 0.483 e. The Kier molecular flexibility index (Phi) is 5.46. The molecule has 0 bridgehead atoms. The first-order valence-corrected chi connectivity index (χ1v) is 8.68. The second kappa shape index (κ2) is 7.79. The number of halogens is 1. The van der Waals surface area contributed by atoms with Crippen LogP contribution < -0.4 is 14.4 Å². The number of ether oxygens (including phenoxy) is 2. The van der Waals surface area contributed by atoms with Gasteiger partial charge in [0.1, 0.15) is 23.3 Å². The van der Waals surface area contributed by atoms with Crippen molar-refractivity contribution >= 4 is 29.2 Å². The topological polar surface area (TPSA) is 102 Å². The summed E-state index contributed by atoms with van der Waals surface area (Å²) < 4.78 is 11.4. The number of amides is 1. The molecule has 3 rings (SSSR count). The van der Waals surface area contributed by atoms with E-state index < -0.39 is 12.1 Å². The van der Waals surface area contributed by atoms with E-state index in [1.54, 1.807) is 12.1 Å². The van der Waals surface area contributed by atoms with Gasteiger partial charge in [-0.3, -0.25) is 9.59 Å². The summed E-state index contributed by atoms with van der Waals surface area (Å²) in [5, 5.41) is 17.3. The molecule has 1 aliphatic heterocycles. The number of aryl methyl sites for hydroxylation is 1. The Morgan fingerprint density at radius 3 is 2.85 bits per heavy atom. The van der Waals surface area contributed by atoms with E-state index in [1.807, 2.05) is 26.0 Å². The Balaban J connectivity index is 1.84. The van der Waals surface area contributed by atoms with Gasteiger partial charge in [0.05, 0.1) is 22.8 Å². The minimum atomic E-state index is -0.991. The lowest BCUT2D eigenvalue weighted by atomic mass is 10.2. The number of carbonyl (C=O) groups excluding carboxylic acids is 1. The van der Waals surface area contributed by atoms with Crippen molar-refractivity contribution in [1.82, 2.24) is 10.2 Å². The molecule has 0 spiro atoms. The SMILES string of the molecule is Cc1ccc(C(C)Oc2cc3c(cc2Cl)N(CCC(=O)O)C(=O)CO3)nn1. The summed E-state index contributed by atoms with van der Waals surface area (Å²) in [7, 11) is 0. The summed E-state index contributed by atoms with van der Waals surface area (Å²) in [6.07, 6.45) is -0.577. The molecule has 0 radical (unpaired) electrons. The van der Waals surface area contributed by atoms with Crippen LogP contribution in [0.25, 0.3) is 0 Å². The summed E-state index contributed by atoms with van der Waals surface area (Å²) in [5.41, 5.74) is 1.87. The van der Waals surface area contributed by atoms with Gasteiger partial charge in [-0.1, -0.05) is 11.6 Å². The molecule has 0 aliphatic carbocycles. The Hall–Kier alpha value is -2.87. The van der Waals surface area contributed by atoms with Crippen molar-refractivity contribution in [3.63, 3.8) is 0 Å². The van der Waals surface area contributed by atoms with Gasteiger partial charge in [0.2, 0.25) is 0 Å². The zero-order valence-electron chi connectivity index (χ0n) is 14.8. The zero-order valence-corrected chi connectivity index (χ0v) is 15.6. The van der Waals surface area contributed by atoms with Crippen LogP contribution >= 0.6 is 11.6 Å². The number of aromatic nitrogens is 2. The van der Waals surface area contributed by atoms with E-state index in [9.17, 15) is 9.59 Å². The fourth-order valence-corrected chi connectivity index (χ4v) is 2.82. The minimum Gasteiger partial charge on any atom is -0.483 e. The molecule has 1 unspecified atom stereocenters. The first kappa shape index (κ1) is 18.9. The molecule has 142 valence electrons. The van der Waals surface area contributed by atoms with Crippen molar-refractivity contribution in [2.24, 2.45) is 0 Å². The number of aliphatic carboxylic acids is 1. The van der Waals surface area contributed by atoms with Crippen LogP contribution in [-0.4, -0.2) is 40.3 Å². The molecule has 2 aromatic rings. The minimum absolute atomic E-state index is 0.0381. The summed E-state index contributed by atoms with van der Waals surface area (Å²) in [4.78, 5) is 24.3. The predicted molar refractivity (Wildman–Crippen MR) is 97.4 cm³/mol. The van der Waals surface area contributed by atoms with Crippen LogP contribution in [0.4, 0.5) is 5.69 Å². The number of carboxylic acids is 1. The van der Waals surface area contributed by atoms with E-state index in [4.69, 9.17) is 26.2 Å². The van der Waals surface area contributed by atoms with Gasteiger partial charge in [0, 0.05) is 12.6 Å². The molecule has 0 saturated heterocycles. The van der Waals surface area contributed by atoms with E-state index in [1.165, 1.54) is 4.90 Å². The highest BCUT2D eigenvalue weighted by Crippen LogP contribution is 2.41. The van der Waals surface area contributed by atoms with Gasteiger partial charge in [0.25, 0.3) is 5.91 Å². The van der Waals surface area contributed by atoms with Crippen LogP contribution in [0, 0.1) is 6.92 Å². The van der Waals surface area contributed by atoms with Gasteiger partial charge < -0.3 is 19.5 Å². The predicted octanol–water partition coefficient (Wildman–Crippen LogP) is 2.78. The van der Waals surface area contributed by atoms with Gasteiger partial charge in [0.15, 0.2) is 6.61 Å². The molecule has 2 heterocycles. The highest BCUT2D eigenvalue weighted by Gasteiger charge is 2.28. The van der Waals surface area contributed by atoms with E-state index in [2.05, 4.69) is 10.2 Å². The maximum absolute atomic E-state index is 12.1. The average Bonchev–Trinajstić information content (AvgIpc) is 2.62. The maximum atomic E-state index is 12.1. The number of fused-ring (bicyclic) bond motifs is 1. The first-order chi connectivity index (χ1) is 12.8. The standard InChI is InChI=1S/C18H18ClN3O5/c1-10-3-4-13(21-20-10)11(2)27-15-8-16-14(7-12(15)19)22(6-5-18(24)25)17(23)9-26-16/h3-4,7-8,11H,5-6,9H2,1-2H3,(H,24,25). The van der Waals surface area contributed by atoms with Crippen LogP contribution in [-0.2, 0) is 9.59 Å². The fourth-order valence-electron chi connectivity index (χ4n) is 2.62. The van der Waals surface area contributed by atoms with Gasteiger partial charge in [-0.15, -0.1) is 0 Å². The summed E-state index contributed by atoms with van der Waals surface area (Å²) in [6.45, 7) is 3.53. The normalized spacial score (nSPS) is 14.3. The highest BCUT2D eigenvalue weighted by molar-refractivity contribution is 6.32. The number of anilines is 1. The molecule has 1 N–H and O–H groups in total. The quantitative estimate of drug-likeness (QED) is 0.807. The van der Waals surface area contributed by atoms with Crippen molar-refractivity contribution < 1.29 is 24.2 Å². The molecule has 27 heavy (non-hydrogen) atoms. The van der Waals surface area contributed by atoms with Crippen molar-refractivity contribution in [2.75, 3.05) is 18.1 Å². The summed E-state index contributed by atoms with van der Waals surface area (Å²) in [6, 6.07) is 6.79. The van der Waals surface area contributed by atoms with Crippen molar-refractivity contribution in [2.45, 2.75) is 26.4 Å². The molecule has 1 aromatic heterocycles. The van der Waals surface area contributed by atoms with Crippen molar-refractivity contribution in [3.8, 4) is 11.5 Å². The highest BCUT2D eigenvalue weighted by atomic mass is 35.5. The first-order valence-electron chi connectivity index (χ1n) is 8.30. The smallest absolute Gasteiger partial charge is 0.305 e. The molecule has 0 fully saturated rings. The molecular formula is C18H18ClN3O5. The Morgan fingerprint density at radius 2 is 2.19 bits per heavy atom. The lowest BCUT2D eigenvalue weighted by molar-refractivity contribution is -0.136. The number of rotatable bonds is 6. The third-order valence-corrected chi connectivity index (χ3v) is 4.34.